The Kier molecular flexibility index (Phi) is 4.61. The summed E-state index contributed by atoms with van der Waals surface area (Å²) in [5.41, 5.74) is 0.122. The summed E-state index contributed by atoms with van der Waals surface area (Å²) in [6.07, 6.45) is 0.116. The first-order valence-corrected chi connectivity index (χ1v) is 8.75. The Labute approximate surface area is 135 Å². The van der Waals surface area contributed by atoms with Crippen molar-refractivity contribution in [3.05, 3.63) is 35.5 Å². The Balaban J connectivity index is 2.85. The number of rotatable bonds is 4. The minimum absolute atomic E-state index is 0.00322. The molecule has 0 radical (unpaired) electrons. The van der Waals surface area contributed by atoms with E-state index in [4.69, 9.17) is 4.74 Å². The summed E-state index contributed by atoms with van der Waals surface area (Å²) in [7, 11) is -3.89. The number of ketones is 1. The Morgan fingerprint density at radius 3 is 2.35 bits per heavy atom. The number of fused-ring (bicyclic) bond motifs is 1. The molecule has 0 unspecified atom stereocenters. The molecule has 0 saturated heterocycles. The minimum Gasteiger partial charge on any atom is -0.423 e. The summed E-state index contributed by atoms with van der Waals surface area (Å²) in [6.45, 7) is 6.21. The van der Waals surface area contributed by atoms with Crippen molar-refractivity contribution in [1.82, 2.24) is 4.31 Å². The molecule has 2 rings (SSSR count). The molecule has 1 aromatic carbocycles. The Bertz CT molecular complexity index is 792. The third-order valence-electron chi connectivity index (χ3n) is 3.41. The van der Waals surface area contributed by atoms with Crippen molar-refractivity contribution < 1.29 is 22.7 Å². The fourth-order valence-corrected chi connectivity index (χ4v) is 4.38. The molecule has 7 heteroatoms. The summed E-state index contributed by atoms with van der Waals surface area (Å²) < 4.78 is 32.1. The fraction of sp³-hybridized carbons (Fsp3) is 0.375. The molecule has 0 atom stereocenters. The van der Waals surface area contributed by atoms with E-state index < -0.39 is 27.8 Å². The van der Waals surface area contributed by atoms with E-state index in [0.29, 0.717) is 0 Å². The predicted molar refractivity (Wildman–Crippen MR) is 84.6 cm³/mol. The van der Waals surface area contributed by atoms with Crippen LogP contribution in [0, 0.1) is 0 Å². The van der Waals surface area contributed by atoms with Crippen molar-refractivity contribution >= 4 is 27.5 Å². The Hall–Kier alpha value is -2.15. The Morgan fingerprint density at radius 1 is 1.22 bits per heavy atom. The average Bonchev–Trinajstić information content (AvgIpc) is 2.48. The number of carbonyl (C=O) groups excluding carboxylic acids is 2. The number of Topliss-reactive ketones (excluding diaryl/α,β-unsaturated/α-hetero) is 1. The van der Waals surface area contributed by atoms with Gasteiger partial charge in [0.25, 0.3) is 10.0 Å². The number of carbonyl (C=O) groups is 2. The van der Waals surface area contributed by atoms with Crippen LogP contribution in [0.5, 0.6) is 0 Å². The first kappa shape index (κ1) is 17.2. The van der Waals surface area contributed by atoms with Crippen molar-refractivity contribution in [3.8, 4) is 0 Å². The average molecular weight is 337 g/mol. The molecule has 0 N–H and O–H groups in total. The van der Waals surface area contributed by atoms with Crippen LogP contribution in [-0.4, -0.2) is 30.5 Å². The highest BCUT2D eigenvalue weighted by molar-refractivity contribution is 7.89. The number of esters is 1. The smallest absolute Gasteiger partial charge is 0.310 e. The van der Waals surface area contributed by atoms with Gasteiger partial charge in [-0.05, 0) is 26.0 Å². The predicted octanol–water partition coefficient (Wildman–Crippen LogP) is 2.31. The zero-order valence-electron chi connectivity index (χ0n) is 13.5. The van der Waals surface area contributed by atoms with Gasteiger partial charge in [0.15, 0.2) is 11.5 Å². The van der Waals surface area contributed by atoms with Gasteiger partial charge in [-0.15, -0.1) is 0 Å². The van der Waals surface area contributed by atoms with E-state index in [1.165, 1.54) is 19.1 Å². The normalized spacial score (nSPS) is 16.3. The van der Waals surface area contributed by atoms with Gasteiger partial charge in [-0.2, -0.15) is 0 Å². The van der Waals surface area contributed by atoms with Gasteiger partial charge in [0.2, 0.25) is 0 Å². The van der Waals surface area contributed by atoms with Crippen LogP contribution >= 0.6 is 0 Å². The summed E-state index contributed by atoms with van der Waals surface area (Å²) in [4.78, 5) is 23.9. The van der Waals surface area contributed by atoms with Gasteiger partial charge in [0.1, 0.15) is 5.70 Å². The monoisotopic (exact) mass is 337 g/mol. The molecule has 0 aliphatic carbocycles. The van der Waals surface area contributed by atoms with Crippen LogP contribution in [-0.2, 0) is 24.3 Å². The highest BCUT2D eigenvalue weighted by Crippen LogP contribution is 2.39. The van der Waals surface area contributed by atoms with Gasteiger partial charge in [0, 0.05) is 24.9 Å². The minimum atomic E-state index is -3.89. The molecule has 1 aliphatic heterocycles. The zero-order valence-corrected chi connectivity index (χ0v) is 14.3. The number of allylic oxidation sites excluding steroid dienone is 1. The van der Waals surface area contributed by atoms with Gasteiger partial charge >= 0.3 is 5.97 Å². The van der Waals surface area contributed by atoms with Crippen molar-refractivity contribution in [1.29, 1.82) is 0 Å². The van der Waals surface area contributed by atoms with Crippen LogP contribution in [0.25, 0.3) is 5.76 Å². The number of sulfonamides is 1. The van der Waals surface area contributed by atoms with Crippen molar-refractivity contribution in [2.45, 2.75) is 45.1 Å². The lowest BCUT2D eigenvalue weighted by molar-refractivity contribution is -0.136. The third-order valence-corrected chi connectivity index (χ3v) is 5.44. The summed E-state index contributed by atoms with van der Waals surface area (Å²) >= 11 is 0. The van der Waals surface area contributed by atoms with Gasteiger partial charge in [0.05, 0.1) is 4.90 Å². The number of hydrogen-bond donors (Lipinski definition) is 0. The topological polar surface area (TPSA) is 80.8 Å². The molecule has 0 fully saturated rings. The molecule has 1 aromatic rings. The van der Waals surface area contributed by atoms with E-state index in [1.807, 2.05) is 0 Å². The van der Waals surface area contributed by atoms with Crippen LogP contribution in [0.4, 0.5) is 0 Å². The highest BCUT2D eigenvalue weighted by atomic mass is 32.2. The second kappa shape index (κ2) is 6.16. The molecule has 124 valence electrons. The van der Waals surface area contributed by atoms with Crippen LogP contribution in [0.1, 0.15) is 39.7 Å². The molecule has 0 bridgehead atoms. The molecule has 0 saturated carbocycles. The molecule has 0 amide bonds. The quantitative estimate of drug-likeness (QED) is 0.788. The maximum absolute atomic E-state index is 12.9. The van der Waals surface area contributed by atoms with Crippen molar-refractivity contribution in [2.75, 3.05) is 0 Å². The molecular weight excluding hydrogens is 318 g/mol. The lowest BCUT2D eigenvalue weighted by Crippen LogP contribution is -2.42. The van der Waals surface area contributed by atoms with E-state index in [9.17, 15) is 18.0 Å². The molecule has 0 aromatic heterocycles. The van der Waals surface area contributed by atoms with E-state index in [2.05, 4.69) is 0 Å². The Morgan fingerprint density at radius 2 is 1.83 bits per heavy atom. The first-order valence-electron chi connectivity index (χ1n) is 7.31. The molecule has 0 spiro atoms. The number of nitrogens with zero attached hydrogens (tertiary/aromatic N) is 1. The maximum atomic E-state index is 12.9. The van der Waals surface area contributed by atoms with Crippen LogP contribution in [0.2, 0.25) is 0 Å². The summed E-state index contributed by atoms with van der Waals surface area (Å²) in [6, 6.07) is 5.70. The largest absolute Gasteiger partial charge is 0.423 e. The fourth-order valence-electron chi connectivity index (χ4n) is 2.47. The van der Waals surface area contributed by atoms with Crippen LogP contribution in [0.15, 0.2) is 34.9 Å². The van der Waals surface area contributed by atoms with E-state index in [1.54, 1.807) is 32.9 Å². The lowest BCUT2D eigenvalue weighted by atomic mass is 10.1. The SMILES string of the molecule is CCC(=O)OC1=C(C(C)=O)N(C(C)C)S(=O)(=O)c2ccccc21. The van der Waals surface area contributed by atoms with E-state index >= 15 is 0 Å². The second-order valence-corrected chi connectivity index (χ2v) is 7.24. The van der Waals surface area contributed by atoms with Crippen LogP contribution in [0.3, 0.4) is 0 Å². The zero-order chi connectivity index (χ0) is 17.4. The van der Waals surface area contributed by atoms with Gasteiger partial charge in [-0.1, -0.05) is 19.1 Å². The highest BCUT2D eigenvalue weighted by Gasteiger charge is 2.41. The maximum Gasteiger partial charge on any atom is 0.310 e. The molecule has 23 heavy (non-hydrogen) atoms. The third kappa shape index (κ3) is 2.88. The number of ether oxygens (including phenoxy) is 1. The van der Waals surface area contributed by atoms with Gasteiger partial charge in [-0.3, -0.25) is 13.9 Å². The first-order chi connectivity index (χ1) is 10.7. The summed E-state index contributed by atoms with van der Waals surface area (Å²) in [5, 5.41) is 0. The van der Waals surface area contributed by atoms with Gasteiger partial charge < -0.3 is 4.74 Å². The van der Waals surface area contributed by atoms with Crippen molar-refractivity contribution in [3.63, 3.8) is 0 Å². The number of benzene rings is 1. The second-order valence-electron chi connectivity index (χ2n) is 5.45. The number of hydrogen-bond acceptors (Lipinski definition) is 5. The van der Waals surface area contributed by atoms with E-state index in [-0.39, 0.29) is 28.3 Å². The molecule has 6 nitrogen and oxygen atoms in total. The van der Waals surface area contributed by atoms with Crippen molar-refractivity contribution in [2.24, 2.45) is 0 Å². The molecular formula is C16H19NO5S. The van der Waals surface area contributed by atoms with Crippen LogP contribution < -0.4 is 0 Å². The molecule has 1 aliphatic rings. The standard InChI is InChI=1S/C16H19NO5S/c1-5-14(19)22-16-12-8-6-7-9-13(12)23(20,21)17(10(2)3)15(16)11(4)18/h6-10H,5H2,1-4H3. The lowest BCUT2D eigenvalue weighted by Gasteiger charge is -2.34. The molecule has 1 heterocycles. The van der Waals surface area contributed by atoms with Gasteiger partial charge in [-0.25, -0.2) is 8.42 Å². The van der Waals surface area contributed by atoms with E-state index in [0.717, 1.165) is 4.31 Å². The summed E-state index contributed by atoms with van der Waals surface area (Å²) in [5.74, 6) is -1.00.